The highest BCUT2D eigenvalue weighted by Crippen LogP contribution is 2.42. The molecule has 2 aromatic heterocycles. The summed E-state index contributed by atoms with van der Waals surface area (Å²) in [6.45, 7) is 7.31. The van der Waals surface area contributed by atoms with Crippen LogP contribution in [0.15, 0.2) is 212 Å². The van der Waals surface area contributed by atoms with E-state index in [4.69, 9.17) is 26.5 Å². The van der Waals surface area contributed by atoms with Crippen molar-refractivity contribution in [3.63, 3.8) is 0 Å². The standard InChI is InChI=1S/C57H35N5/c1-58-46-30-28-39(29-31-46)38-24-26-40(27-25-38)50-35-53-49-23-12-32-59-54(49)51(36-52(53)48-22-9-8-21-47(48)50)43-18-11-20-45(34-43)57-61-55(41-15-6-3-7-16-41)60-56(62-57)44-19-10-17-42(33-44)37-13-4-2-5-14-37/h2-36H. The summed E-state index contributed by atoms with van der Waals surface area (Å²) in [6.07, 6.45) is 1.88. The van der Waals surface area contributed by atoms with Gasteiger partial charge in [0.05, 0.1) is 12.1 Å². The first-order chi connectivity index (χ1) is 30.7. The molecule has 0 amide bonds. The number of hydrogen-bond donors (Lipinski definition) is 0. The monoisotopic (exact) mass is 789 g/mol. The van der Waals surface area contributed by atoms with Gasteiger partial charge in [-0.2, -0.15) is 0 Å². The van der Waals surface area contributed by atoms with E-state index < -0.39 is 0 Å². The van der Waals surface area contributed by atoms with Crippen molar-refractivity contribution in [2.45, 2.75) is 0 Å². The Morgan fingerprint density at radius 2 is 0.774 bits per heavy atom. The molecule has 2 heterocycles. The maximum atomic E-state index is 7.31. The first kappa shape index (κ1) is 36.5. The number of benzene rings is 9. The summed E-state index contributed by atoms with van der Waals surface area (Å²) < 4.78 is 0. The third-order valence-electron chi connectivity index (χ3n) is 11.6. The second kappa shape index (κ2) is 15.5. The summed E-state index contributed by atoms with van der Waals surface area (Å²) in [6, 6.07) is 71.3. The smallest absolute Gasteiger partial charge is 0.187 e. The molecule has 9 aromatic carbocycles. The van der Waals surface area contributed by atoms with Crippen molar-refractivity contribution in [1.29, 1.82) is 0 Å². The molecule has 5 heteroatoms. The Morgan fingerprint density at radius 3 is 1.45 bits per heavy atom. The number of fused-ring (bicyclic) bond motifs is 5. The lowest BCUT2D eigenvalue weighted by Gasteiger charge is -2.16. The minimum Gasteiger partial charge on any atom is -0.256 e. The lowest BCUT2D eigenvalue weighted by atomic mass is 9.88. The molecule has 0 saturated carbocycles. The van der Waals surface area contributed by atoms with Gasteiger partial charge in [-0.3, -0.25) is 4.98 Å². The molecule has 0 aliphatic carbocycles. The molecule has 0 unspecified atom stereocenters. The Bertz CT molecular complexity index is 3500. The molecule has 0 bridgehead atoms. The van der Waals surface area contributed by atoms with Crippen LogP contribution in [0, 0.1) is 6.57 Å². The van der Waals surface area contributed by atoms with Gasteiger partial charge < -0.3 is 0 Å². The third kappa shape index (κ3) is 6.72. The minimum atomic E-state index is 0.598. The molecule has 0 radical (unpaired) electrons. The summed E-state index contributed by atoms with van der Waals surface area (Å²) in [5.41, 5.74) is 13.1. The largest absolute Gasteiger partial charge is 0.256 e. The highest BCUT2D eigenvalue weighted by Gasteiger charge is 2.18. The molecule has 0 N–H and O–H groups in total. The fraction of sp³-hybridized carbons (Fsp3) is 0. The van der Waals surface area contributed by atoms with Crippen molar-refractivity contribution in [3.8, 4) is 78.7 Å². The normalized spacial score (nSPS) is 11.2. The maximum Gasteiger partial charge on any atom is 0.187 e. The average Bonchev–Trinajstić information content (AvgIpc) is 3.36. The van der Waals surface area contributed by atoms with Gasteiger partial charge in [0.2, 0.25) is 0 Å². The molecule has 5 nitrogen and oxygen atoms in total. The van der Waals surface area contributed by atoms with Crippen molar-refractivity contribution in [2.75, 3.05) is 0 Å². The van der Waals surface area contributed by atoms with E-state index in [2.05, 4.69) is 144 Å². The van der Waals surface area contributed by atoms with E-state index in [1.165, 1.54) is 10.8 Å². The molecule has 11 aromatic rings. The fourth-order valence-corrected chi connectivity index (χ4v) is 8.50. The SMILES string of the molecule is [C-]#[N+]c1ccc(-c2ccc(-c3cc4c5cccnc5c(-c5cccc(-c6nc(-c7ccccc7)nc(-c7cccc(-c8ccccc8)c7)n6)c5)cc4c4ccccc34)cc2)cc1. The topological polar surface area (TPSA) is 55.9 Å². The van der Waals surface area contributed by atoms with Gasteiger partial charge in [0.1, 0.15) is 0 Å². The molecular weight excluding hydrogens is 755 g/mol. The molecule has 0 fully saturated rings. The van der Waals surface area contributed by atoms with Gasteiger partial charge in [0.15, 0.2) is 23.2 Å². The van der Waals surface area contributed by atoms with Crippen molar-refractivity contribution in [3.05, 3.63) is 224 Å². The van der Waals surface area contributed by atoms with E-state index in [0.717, 1.165) is 82.9 Å². The zero-order valence-corrected chi connectivity index (χ0v) is 33.4. The van der Waals surface area contributed by atoms with Gasteiger partial charge in [-0.1, -0.05) is 176 Å². The van der Waals surface area contributed by atoms with Gasteiger partial charge >= 0.3 is 0 Å². The molecule has 0 spiro atoms. The molecule has 0 aliphatic heterocycles. The third-order valence-corrected chi connectivity index (χ3v) is 11.6. The van der Waals surface area contributed by atoms with Crippen molar-refractivity contribution < 1.29 is 0 Å². The van der Waals surface area contributed by atoms with Crippen LogP contribution in [0.3, 0.4) is 0 Å². The van der Waals surface area contributed by atoms with Crippen LogP contribution in [-0.4, -0.2) is 19.9 Å². The highest BCUT2D eigenvalue weighted by molar-refractivity contribution is 6.23. The predicted molar refractivity (Wildman–Crippen MR) is 254 cm³/mol. The number of aromatic nitrogens is 4. The average molecular weight is 790 g/mol. The fourth-order valence-electron chi connectivity index (χ4n) is 8.50. The first-order valence-corrected chi connectivity index (χ1v) is 20.6. The van der Waals surface area contributed by atoms with Gasteiger partial charge in [-0.05, 0) is 90.8 Å². The van der Waals surface area contributed by atoms with Crippen LogP contribution in [0.1, 0.15) is 0 Å². The Hall–Kier alpha value is -8.59. The Labute approximate surface area is 359 Å². The molecule has 288 valence electrons. The van der Waals surface area contributed by atoms with Crippen LogP contribution in [0.2, 0.25) is 0 Å². The van der Waals surface area contributed by atoms with Gasteiger partial charge in [-0.25, -0.2) is 19.8 Å². The zero-order valence-electron chi connectivity index (χ0n) is 33.4. The van der Waals surface area contributed by atoms with E-state index >= 15 is 0 Å². The maximum absolute atomic E-state index is 7.31. The second-order valence-corrected chi connectivity index (χ2v) is 15.3. The van der Waals surface area contributed by atoms with Crippen LogP contribution in [-0.2, 0) is 0 Å². The van der Waals surface area contributed by atoms with Gasteiger partial charge in [0, 0.05) is 33.8 Å². The Balaban J connectivity index is 1.04. The predicted octanol–water partition coefficient (Wildman–Crippen LogP) is 14.9. The summed E-state index contributed by atoms with van der Waals surface area (Å²) in [4.78, 5) is 23.8. The summed E-state index contributed by atoms with van der Waals surface area (Å²) in [5, 5.41) is 5.75. The van der Waals surface area contributed by atoms with E-state index in [1.807, 2.05) is 72.9 Å². The highest BCUT2D eigenvalue weighted by atomic mass is 15.0. The Morgan fingerprint density at radius 1 is 0.306 bits per heavy atom. The first-order valence-electron chi connectivity index (χ1n) is 20.6. The molecule has 0 aliphatic rings. The molecule has 62 heavy (non-hydrogen) atoms. The van der Waals surface area contributed by atoms with Crippen LogP contribution in [0.5, 0.6) is 0 Å². The van der Waals surface area contributed by atoms with Crippen molar-refractivity contribution in [1.82, 2.24) is 19.9 Å². The zero-order chi connectivity index (χ0) is 41.4. The van der Waals surface area contributed by atoms with Crippen LogP contribution < -0.4 is 0 Å². The van der Waals surface area contributed by atoms with E-state index in [1.54, 1.807) is 0 Å². The number of hydrogen-bond acceptors (Lipinski definition) is 4. The molecule has 11 rings (SSSR count). The lowest BCUT2D eigenvalue weighted by Crippen LogP contribution is -2.00. The Kier molecular flexibility index (Phi) is 9.15. The minimum absolute atomic E-state index is 0.598. The molecule has 0 saturated heterocycles. The van der Waals surface area contributed by atoms with E-state index in [0.29, 0.717) is 23.2 Å². The van der Waals surface area contributed by atoms with Crippen LogP contribution in [0.25, 0.3) is 116 Å². The quantitative estimate of drug-likeness (QED) is 0.119. The number of pyridine rings is 1. The lowest BCUT2D eigenvalue weighted by molar-refractivity contribution is 1.07. The van der Waals surface area contributed by atoms with Gasteiger partial charge in [0.25, 0.3) is 0 Å². The molecule has 0 atom stereocenters. The van der Waals surface area contributed by atoms with Gasteiger partial charge in [-0.15, -0.1) is 0 Å². The molecular formula is C57H35N5. The van der Waals surface area contributed by atoms with Crippen molar-refractivity contribution >= 4 is 38.1 Å². The number of nitrogens with zero attached hydrogens (tertiary/aromatic N) is 5. The van der Waals surface area contributed by atoms with Crippen LogP contribution >= 0.6 is 0 Å². The van der Waals surface area contributed by atoms with E-state index in [9.17, 15) is 0 Å². The second-order valence-electron chi connectivity index (χ2n) is 15.3. The van der Waals surface area contributed by atoms with Crippen LogP contribution in [0.4, 0.5) is 5.69 Å². The number of rotatable bonds is 7. The summed E-state index contributed by atoms with van der Waals surface area (Å²) >= 11 is 0. The van der Waals surface area contributed by atoms with E-state index in [-0.39, 0.29) is 0 Å². The summed E-state index contributed by atoms with van der Waals surface area (Å²) in [7, 11) is 0. The van der Waals surface area contributed by atoms with Crippen molar-refractivity contribution in [2.24, 2.45) is 0 Å². The summed E-state index contributed by atoms with van der Waals surface area (Å²) in [5.74, 6) is 1.83.